The Hall–Kier alpha value is -2.17. The molecule has 0 aliphatic rings. The van der Waals surface area contributed by atoms with Crippen molar-refractivity contribution in [2.75, 3.05) is 27.4 Å². The van der Waals surface area contributed by atoms with Crippen LogP contribution in [0.1, 0.15) is 23.2 Å². The van der Waals surface area contributed by atoms with Gasteiger partial charge in [-0.2, -0.15) is 0 Å². The van der Waals surface area contributed by atoms with Crippen LogP contribution in [0.25, 0.3) is 10.6 Å². The minimum absolute atomic E-state index is 0. The Morgan fingerprint density at radius 2 is 1.84 bits per heavy atom. The number of aromatic nitrogens is 1. The summed E-state index contributed by atoms with van der Waals surface area (Å²) in [6, 6.07) is 16.5. The molecule has 0 aliphatic heterocycles. The average Bonchev–Trinajstić information content (AvgIpc) is 3.27. The molecule has 6 nitrogen and oxygen atoms in total. The van der Waals surface area contributed by atoms with Crippen molar-refractivity contribution in [2.24, 2.45) is 4.99 Å². The van der Waals surface area contributed by atoms with Gasteiger partial charge in [-0.25, -0.2) is 4.98 Å². The number of halogens is 1. The van der Waals surface area contributed by atoms with Gasteiger partial charge in [0.25, 0.3) is 0 Å². The summed E-state index contributed by atoms with van der Waals surface area (Å²) in [5.41, 5.74) is 4.39. The smallest absolute Gasteiger partial charge is 0.191 e. The molecular weight excluding hydrogens is 535 g/mol. The Morgan fingerprint density at radius 1 is 1.06 bits per heavy atom. The number of ether oxygens (including phenoxy) is 2. The zero-order chi connectivity index (χ0) is 21.9. The maximum absolute atomic E-state index is 5.97. The van der Waals surface area contributed by atoms with Crippen molar-refractivity contribution >= 4 is 41.3 Å². The predicted octanol–water partition coefficient (Wildman–Crippen LogP) is 5.02. The molecule has 2 N–H and O–H groups in total. The van der Waals surface area contributed by atoms with Crippen LogP contribution in [0, 0.1) is 6.92 Å². The molecule has 1 heterocycles. The van der Waals surface area contributed by atoms with Gasteiger partial charge >= 0.3 is 0 Å². The molecule has 32 heavy (non-hydrogen) atoms. The first-order valence-corrected chi connectivity index (χ1v) is 11.2. The monoisotopic (exact) mass is 566 g/mol. The molecule has 1 aromatic heterocycles. The minimum Gasteiger partial charge on any atom is -0.493 e. The van der Waals surface area contributed by atoms with E-state index in [1.807, 2.05) is 18.2 Å². The van der Waals surface area contributed by atoms with E-state index in [1.165, 1.54) is 5.56 Å². The summed E-state index contributed by atoms with van der Waals surface area (Å²) in [6.45, 7) is 4.61. The van der Waals surface area contributed by atoms with Crippen molar-refractivity contribution in [3.05, 3.63) is 70.7 Å². The summed E-state index contributed by atoms with van der Waals surface area (Å²) in [7, 11) is 3.47. The normalized spacial score (nSPS) is 11.0. The van der Waals surface area contributed by atoms with Crippen LogP contribution < -0.4 is 15.4 Å². The second kappa shape index (κ2) is 14.1. The van der Waals surface area contributed by atoms with Crippen LogP contribution in [0.5, 0.6) is 5.75 Å². The number of methoxy groups -OCH3 is 1. The highest BCUT2D eigenvalue weighted by molar-refractivity contribution is 14.0. The van der Waals surface area contributed by atoms with Crippen LogP contribution in [0.4, 0.5) is 0 Å². The van der Waals surface area contributed by atoms with Gasteiger partial charge in [0, 0.05) is 50.2 Å². The largest absolute Gasteiger partial charge is 0.493 e. The fraction of sp³-hybridized carbons (Fsp3) is 0.333. The van der Waals surface area contributed by atoms with Crippen molar-refractivity contribution in [3.8, 4) is 16.3 Å². The number of hydrogen-bond acceptors (Lipinski definition) is 5. The summed E-state index contributed by atoms with van der Waals surface area (Å²) in [4.78, 5) is 9.05. The SMILES string of the molecule is CN=C(NCc1csc(-c2ccccc2)n1)NCc1ccc(C)cc1OCCCOC.I. The Balaban J connectivity index is 0.00000363. The molecule has 0 saturated carbocycles. The molecule has 0 amide bonds. The molecular formula is C24H31IN4O2S. The third-order valence-electron chi connectivity index (χ3n) is 4.65. The molecule has 0 bridgehead atoms. The van der Waals surface area contributed by atoms with Gasteiger partial charge in [-0.05, 0) is 18.6 Å². The summed E-state index contributed by atoms with van der Waals surface area (Å²) < 4.78 is 11.1. The molecule has 0 aliphatic carbocycles. The first-order valence-electron chi connectivity index (χ1n) is 10.3. The Kier molecular flexibility index (Phi) is 11.5. The lowest BCUT2D eigenvalue weighted by Gasteiger charge is -2.15. The number of aryl methyl sites for hydroxylation is 1. The summed E-state index contributed by atoms with van der Waals surface area (Å²) in [5, 5.41) is 9.80. The van der Waals surface area contributed by atoms with E-state index in [-0.39, 0.29) is 24.0 Å². The molecule has 172 valence electrons. The third-order valence-corrected chi connectivity index (χ3v) is 5.59. The van der Waals surface area contributed by atoms with Crippen LogP contribution in [0.15, 0.2) is 58.9 Å². The van der Waals surface area contributed by atoms with Crippen molar-refractivity contribution in [2.45, 2.75) is 26.4 Å². The van der Waals surface area contributed by atoms with Crippen molar-refractivity contribution < 1.29 is 9.47 Å². The van der Waals surface area contributed by atoms with Gasteiger partial charge in [0.15, 0.2) is 5.96 Å². The van der Waals surface area contributed by atoms with Gasteiger partial charge in [-0.1, -0.05) is 42.5 Å². The van der Waals surface area contributed by atoms with E-state index < -0.39 is 0 Å². The fourth-order valence-corrected chi connectivity index (χ4v) is 3.83. The number of benzene rings is 2. The highest BCUT2D eigenvalue weighted by Crippen LogP contribution is 2.23. The Labute approximate surface area is 211 Å². The van der Waals surface area contributed by atoms with Crippen molar-refractivity contribution in [3.63, 3.8) is 0 Å². The van der Waals surface area contributed by atoms with E-state index in [0.717, 1.165) is 40.0 Å². The van der Waals surface area contributed by atoms with Crippen molar-refractivity contribution in [1.82, 2.24) is 15.6 Å². The topological polar surface area (TPSA) is 67.8 Å². The van der Waals surface area contributed by atoms with Crippen LogP contribution in [-0.4, -0.2) is 38.3 Å². The molecule has 0 unspecified atom stereocenters. The van der Waals surface area contributed by atoms with Gasteiger partial charge in [0.05, 0.1) is 18.8 Å². The lowest BCUT2D eigenvalue weighted by molar-refractivity contribution is 0.171. The number of aliphatic imine (C=N–C) groups is 1. The molecule has 0 radical (unpaired) electrons. The zero-order valence-corrected chi connectivity index (χ0v) is 21.9. The predicted molar refractivity (Wildman–Crippen MR) is 143 cm³/mol. The van der Waals surface area contributed by atoms with Crippen molar-refractivity contribution in [1.29, 1.82) is 0 Å². The molecule has 0 atom stereocenters. The molecule has 3 rings (SSSR count). The number of nitrogens with zero attached hydrogens (tertiary/aromatic N) is 2. The van der Waals surface area contributed by atoms with E-state index in [9.17, 15) is 0 Å². The lowest BCUT2D eigenvalue weighted by atomic mass is 10.1. The molecule has 0 saturated heterocycles. The molecule has 8 heteroatoms. The Bertz CT molecular complexity index is 979. The van der Waals surface area contributed by atoms with E-state index in [4.69, 9.17) is 14.5 Å². The molecule has 0 spiro atoms. The van der Waals surface area contributed by atoms with E-state index in [1.54, 1.807) is 25.5 Å². The number of guanidine groups is 1. The lowest BCUT2D eigenvalue weighted by Crippen LogP contribution is -2.36. The van der Waals surface area contributed by atoms with Crippen LogP contribution >= 0.6 is 35.3 Å². The fourth-order valence-electron chi connectivity index (χ4n) is 3.00. The minimum atomic E-state index is 0. The maximum Gasteiger partial charge on any atom is 0.191 e. The Morgan fingerprint density at radius 3 is 2.59 bits per heavy atom. The van der Waals surface area contributed by atoms with Gasteiger partial charge in [-0.15, -0.1) is 35.3 Å². The van der Waals surface area contributed by atoms with Gasteiger partial charge in [0.2, 0.25) is 0 Å². The van der Waals surface area contributed by atoms with E-state index in [0.29, 0.717) is 26.3 Å². The quantitative estimate of drug-likeness (QED) is 0.156. The van der Waals surface area contributed by atoms with Crippen LogP contribution in [-0.2, 0) is 17.8 Å². The van der Waals surface area contributed by atoms with E-state index in [2.05, 4.69) is 58.3 Å². The molecule has 0 fully saturated rings. The van der Waals surface area contributed by atoms with Crippen LogP contribution in [0.3, 0.4) is 0 Å². The van der Waals surface area contributed by atoms with Gasteiger partial charge in [-0.3, -0.25) is 4.99 Å². The molecule has 2 aromatic carbocycles. The van der Waals surface area contributed by atoms with Gasteiger partial charge in [0.1, 0.15) is 10.8 Å². The third kappa shape index (κ3) is 8.07. The second-order valence-corrected chi connectivity index (χ2v) is 7.95. The zero-order valence-electron chi connectivity index (χ0n) is 18.8. The number of nitrogens with one attached hydrogen (secondary N) is 2. The summed E-state index contributed by atoms with van der Waals surface area (Å²) in [6.07, 6.45) is 0.860. The average molecular weight is 567 g/mol. The first-order chi connectivity index (χ1) is 15.2. The van der Waals surface area contributed by atoms with Crippen LogP contribution in [0.2, 0.25) is 0 Å². The standard InChI is InChI=1S/C24H30N4O2S.HI/c1-18-10-11-20(22(14-18)30-13-7-12-29-3)15-26-24(25-2)27-16-21-17-31-23(28-21)19-8-5-4-6-9-19;/h4-6,8-11,14,17H,7,12-13,15-16H2,1-3H3,(H2,25,26,27);1H. The second-order valence-electron chi connectivity index (χ2n) is 7.10. The summed E-state index contributed by atoms with van der Waals surface area (Å²) >= 11 is 1.65. The number of thiazole rings is 1. The first kappa shape index (κ1) is 26.1. The van der Waals surface area contributed by atoms with Gasteiger partial charge < -0.3 is 20.1 Å². The molecule has 3 aromatic rings. The van der Waals surface area contributed by atoms with E-state index >= 15 is 0 Å². The summed E-state index contributed by atoms with van der Waals surface area (Å²) in [5.74, 6) is 1.62. The maximum atomic E-state index is 5.97. The highest BCUT2D eigenvalue weighted by atomic mass is 127. The number of hydrogen-bond donors (Lipinski definition) is 2. The number of rotatable bonds is 10. The highest BCUT2D eigenvalue weighted by Gasteiger charge is 2.08.